The second-order valence-corrected chi connectivity index (χ2v) is 7.11. The molecule has 3 rings (SSSR count). The molecule has 0 atom stereocenters. The number of nitrogens with two attached hydrogens (primary N) is 1. The lowest BCUT2D eigenvalue weighted by Gasteiger charge is -2.11. The molecule has 0 amide bonds. The van der Waals surface area contributed by atoms with Crippen molar-refractivity contribution in [1.29, 1.82) is 0 Å². The van der Waals surface area contributed by atoms with Gasteiger partial charge in [-0.1, -0.05) is 15.9 Å². The maximum atomic E-state index is 14.6. The minimum Gasteiger partial charge on any atom is -0.490 e. The van der Waals surface area contributed by atoms with Gasteiger partial charge in [-0.25, -0.2) is 9.37 Å². The van der Waals surface area contributed by atoms with Crippen molar-refractivity contribution < 1.29 is 13.5 Å². The average Bonchev–Trinajstić information content (AvgIpc) is 3.13. The Bertz CT molecular complexity index is 953. The maximum absolute atomic E-state index is 14.6. The van der Waals surface area contributed by atoms with E-state index in [4.69, 9.17) is 10.5 Å². The molecule has 142 valence electrons. The first kappa shape index (κ1) is 19.6. The summed E-state index contributed by atoms with van der Waals surface area (Å²) < 4.78 is 36.0. The molecular weight excluding hydrogens is 490 g/mol. The molecule has 27 heavy (non-hydrogen) atoms. The van der Waals surface area contributed by atoms with Crippen LogP contribution >= 0.6 is 31.9 Å². The number of aromatic nitrogens is 5. The van der Waals surface area contributed by atoms with Gasteiger partial charge in [-0.15, -0.1) is 5.10 Å². The fraction of sp³-hybridized carbons (Fsp3) is 0.250. The number of tetrazole rings is 1. The number of halogens is 4. The summed E-state index contributed by atoms with van der Waals surface area (Å²) in [6.45, 7) is 0.292. The van der Waals surface area contributed by atoms with E-state index in [1.807, 2.05) is 0 Å². The molecule has 0 radical (unpaired) electrons. The van der Waals surface area contributed by atoms with Gasteiger partial charge in [-0.05, 0) is 57.4 Å². The van der Waals surface area contributed by atoms with Crippen molar-refractivity contribution in [1.82, 2.24) is 25.2 Å². The normalized spacial score (nSPS) is 11.0. The molecule has 7 nitrogen and oxygen atoms in total. The second-order valence-electron chi connectivity index (χ2n) is 5.46. The lowest BCUT2D eigenvalue weighted by atomic mass is 10.2. The first-order chi connectivity index (χ1) is 13.0. The number of alkyl halides is 1. The highest BCUT2D eigenvalue weighted by Gasteiger charge is 2.21. The molecule has 0 fully saturated rings. The summed E-state index contributed by atoms with van der Waals surface area (Å²) in [5, 5.41) is 12.1. The van der Waals surface area contributed by atoms with Crippen LogP contribution in [0.5, 0.6) is 5.75 Å². The van der Waals surface area contributed by atoms with E-state index in [-0.39, 0.29) is 23.1 Å². The van der Waals surface area contributed by atoms with Crippen molar-refractivity contribution in [2.24, 2.45) is 0 Å². The standard InChI is InChI=1S/C16H14Br2F2N6O/c17-5-1-2-6-27-12-4-3-11(14(19)15(12)20)26-16(23-24-25-26)9-7-13(21)22-8-10(9)18/h3-4,7-8H,1-2,5-6H2,(H2,21,22). The van der Waals surface area contributed by atoms with Crippen LogP contribution < -0.4 is 10.5 Å². The van der Waals surface area contributed by atoms with Crippen LogP contribution in [0.4, 0.5) is 14.6 Å². The number of ether oxygens (including phenoxy) is 1. The van der Waals surface area contributed by atoms with Gasteiger partial charge in [0.1, 0.15) is 11.5 Å². The Hall–Kier alpha value is -2.14. The third-order valence-electron chi connectivity index (χ3n) is 3.63. The number of hydrogen-bond acceptors (Lipinski definition) is 6. The van der Waals surface area contributed by atoms with Crippen LogP contribution in [-0.4, -0.2) is 37.1 Å². The summed E-state index contributed by atoms with van der Waals surface area (Å²) in [6.07, 6.45) is 3.08. The average molecular weight is 504 g/mol. The first-order valence-electron chi connectivity index (χ1n) is 7.90. The molecule has 0 aliphatic rings. The Balaban J connectivity index is 1.95. The van der Waals surface area contributed by atoms with Crippen molar-refractivity contribution in [3.05, 3.63) is 40.5 Å². The fourth-order valence-corrected chi connectivity index (χ4v) is 3.11. The zero-order chi connectivity index (χ0) is 19.4. The molecule has 0 saturated carbocycles. The Labute approximate surface area is 170 Å². The van der Waals surface area contributed by atoms with E-state index < -0.39 is 11.6 Å². The van der Waals surface area contributed by atoms with Crippen LogP contribution in [0.3, 0.4) is 0 Å². The van der Waals surface area contributed by atoms with Gasteiger partial charge in [0.2, 0.25) is 5.82 Å². The predicted molar refractivity (Wildman–Crippen MR) is 103 cm³/mol. The second kappa shape index (κ2) is 8.70. The number of unbranched alkanes of at least 4 members (excludes halogenated alkanes) is 1. The monoisotopic (exact) mass is 502 g/mol. The molecule has 1 aromatic carbocycles. The van der Waals surface area contributed by atoms with E-state index in [1.165, 1.54) is 24.4 Å². The highest BCUT2D eigenvalue weighted by molar-refractivity contribution is 9.10. The van der Waals surface area contributed by atoms with Crippen molar-refractivity contribution in [2.45, 2.75) is 12.8 Å². The van der Waals surface area contributed by atoms with Crippen molar-refractivity contribution in [3.63, 3.8) is 0 Å². The van der Waals surface area contributed by atoms with Gasteiger partial charge in [0, 0.05) is 21.6 Å². The number of benzene rings is 1. The van der Waals surface area contributed by atoms with Crippen LogP contribution in [0.15, 0.2) is 28.9 Å². The summed E-state index contributed by atoms with van der Waals surface area (Å²) in [5.74, 6) is -1.95. The van der Waals surface area contributed by atoms with Crippen LogP contribution in [0.2, 0.25) is 0 Å². The molecule has 0 spiro atoms. The molecule has 2 heterocycles. The summed E-state index contributed by atoms with van der Waals surface area (Å²) in [6, 6.07) is 4.24. The molecule has 2 aromatic heterocycles. The quantitative estimate of drug-likeness (QED) is 0.388. The topological polar surface area (TPSA) is 91.7 Å². The Kier molecular flexibility index (Phi) is 6.32. The van der Waals surface area contributed by atoms with E-state index in [2.05, 4.69) is 52.4 Å². The molecule has 0 aliphatic heterocycles. The highest BCUT2D eigenvalue weighted by atomic mass is 79.9. The Morgan fingerprint density at radius 3 is 2.78 bits per heavy atom. The van der Waals surface area contributed by atoms with Gasteiger partial charge < -0.3 is 10.5 Å². The van der Waals surface area contributed by atoms with Gasteiger partial charge >= 0.3 is 0 Å². The predicted octanol–water partition coefficient (Wildman–Crippen LogP) is 3.90. The molecular formula is C16H14Br2F2N6O. The van der Waals surface area contributed by atoms with E-state index in [0.29, 0.717) is 16.6 Å². The van der Waals surface area contributed by atoms with E-state index in [1.54, 1.807) is 0 Å². The number of nitrogen functional groups attached to an aromatic ring is 1. The maximum Gasteiger partial charge on any atom is 0.202 e. The SMILES string of the molecule is Nc1cc(-c2nnnn2-c2ccc(OCCCCBr)c(F)c2F)c(Br)cn1. The lowest BCUT2D eigenvalue weighted by Crippen LogP contribution is -2.07. The first-order valence-corrected chi connectivity index (χ1v) is 9.81. The third kappa shape index (κ3) is 4.24. The molecule has 11 heteroatoms. The molecule has 0 saturated heterocycles. The minimum atomic E-state index is -1.11. The Morgan fingerprint density at radius 1 is 1.19 bits per heavy atom. The number of anilines is 1. The van der Waals surface area contributed by atoms with Gasteiger partial charge in [0.05, 0.1) is 6.61 Å². The van der Waals surface area contributed by atoms with Crippen molar-refractivity contribution >= 4 is 37.7 Å². The number of pyridine rings is 1. The summed E-state index contributed by atoms with van der Waals surface area (Å²) in [7, 11) is 0. The summed E-state index contributed by atoms with van der Waals surface area (Å²) >= 11 is 6.63. The van der Waals surface area contributed by atoms with Gasteiger partial charge in [0.25, 0.3) is 0 Å². The van der Waals surface area contributed by atoms with Crippen LogP contribution in [0, 0.1) is 11.6 Å². The van der Waals surface area contributed by atoms with Crippen LogP contribution in [0.1, 0.15) is 12.8 Å². The van der Waals surface area contributed by atoms with E-state index in [9.17, 15) is 8.78 Å². The van der Waals surface area contributed by atoms with Crippen LogP contribution in [0.25, 0.3) is 17.1 Å². The largest absolute Gasteiger partial charge is 0.490 e. The molecule has 0 aliphatic carbocycles. The highest BCUT2D eigenvalue weighted by Crippen LogP contribution is 2.31. The fourth-order valence-electron chi connectivity index (χ4n) is 2.32. The van der Waals surface area contributed by atoms with Crippen LogP contribution in [-0.2, 0) is 0 Å². The number of nitrogens with zero attached hydrogens (tertiary/aromatic N) is 5. The van der Waals surface area contributed by atoms with E-state index >= 15 is 0 Å². The number of rotatable bonds is 7. The number of hydrogen-bond donors (Lipinski definition) is 1. The minimum absolute atomic E-state index is 0.150. The summed E-state index contributed by atoms with van der Waals surface area (Å²) in [4.78, 5) is 3.94. The zero-order valence-electron chi connectivity index (χ0n) is 13.9. The van der Waals surface area contributed by atoms with Crippen molar-refractivity contribution in [3.8, 4) is 22.8 Å². The zero-order valence-corrected chi connectivity index (χ0v) is 17.0. The van der Waals surface area contributed by atoms with E-state index in [0.717, 1.165) is 22.9 Å². The van der Waals surface area contributed by atoms with Gasteiger partial charge in [-0.3, -0.25) is 0 Å². The van der Waals surface area contributed by atoms with Gasteiger partial charge in [0.15, 0.2) is 17.4 Å². The van der Waals surface area contributed by atoms with Crippen molar-refractivity contribution in [2.75, 3.05) is 17.7 Å². The molecule has 0 unspecified atom stereocenters. The van der Waals surface area contributed by atoms with Gasteiger partial charge in [-0.2, -0.15) is 9.07 Å². The lowest BCUT2D eigenvalue weighted by molar-refractivity contribution is 0.289. The molecule has 2 N–H and O–H groups in total. The Morgan fingerprint density at radius 2 is 2.00 bits per heavy atom. The molecule has 0 bridgehead atoms. The third-order valence-corrected chi connectivity index (χ3v) is 4.82. The summed E-state index contributed by atoms with van der Waals surface area (Å²) in [5.41, 5.74) is 6.04. The molecule has 3 aromatic rings. The smallest absolute Gasteiger partial charge is 0.202 e.